The van der Waals surface area contributed by atoms with E-state index in [4.69, 9.17) is 9.98 Å². The third-order valence-electron chi connectivity index (χ3n) is 6.61. The van der Waals surface area contributed by atoms with Gasteiger partial charge >= 0.3 is 0 Å². The second-order valence-corrected chi connectivity index (χ2v) is 13.3. The van der Waals surface area contributed by atoms with E-state index in [1.165, 1.54) is 21.5 Å². The Balaban J connectivity index is 1.68. The van der Waals surface area contributed by atoms with Crippen molar-refractivity contribution in [1.29, 1.82) is 0 Å². The number of aliphatic imine (C=N–C) groups is 2. The van der Waals surface area contributed by atoms with Gasteiger partial charge in [0.25, 0.3) is 0 Å². The van der Waals surface area contributed by atoms with Gasteiger partial charge in [0.05, 0.1) is 0 Å². The van der Waals surface area contributed by atoms with E-state index < -0.39 is 6.89 Å². The average molecular weight is 527 g/mol. The first-order valence-corrected chi connectivity index (χ1v) is 15.5. The molecule has 38 heavy (non-hydrogen) atoms. The highest BCUT2D eigenvalue weighted by Crippen LogP contribution is 2.48. The van der Waals surface area contributed by atoms with Crippen molar-refractivity contribution >= 4 is 50.9 Å². The molecule has 4 heteroatoms. The molecule has 1 aliphatic rings. The van der Waals surface area contributed by atoms with E-state index in [0.29, 0.717) is 0 Å². The van der Waals surface area contributed by atoms with E-state index in [1.807, 2.05) is 6.07 Å². The van der Waals surface area contributed by atoms with Gasteiger partial charge in [-0.3, -0.25) is 0 Å². The molecule has 0 amide bonds. The Kier molecular flexibility index (Phi) is 7.22. The summed E-state index contributed by atoms with van der Waals surface area (Å²) in [5, 5.41) is 4.83. The number of benzene rings is 5. The smallest absolute Gasteiger partial charge is 0.161 e. The number of amidine groups is 1. The van der Waals surface area contributed by atoms with E-state index >= 15 is 0 Å². The maximum Gasteiger partial charge on any atom is 0.161 e. The van der Waals surface area contributed by atoms with Crippen LogP contribution in [0.1, 0.15) is 11.1 Å². The van der Waals surface area contributed by atoms with Crippen molar-refractivity contribution in [2.24, 2.45) is 9.98 Å². The summed E-state index contributed by atoms with van der Waals surface area (Å²) < 4.78 is 0. The fraction of sp³-hybridized carbons (Fsp3) is 0.0294. The van der Waals surface area contributed by atoms with E-state index in [2.05, 4.69) is 146 Å². The Hall–Kier alpha value is -3.91. The SMILES string of the molecule is c1ccc(CSC2=NC(c3ccccc3)=NC2=P(c2ccccc2)(c2ccccc2)c2ccccc2)cc1. The maximum absolute atomic E-state index is 5.41. The third-order valence-corrected chi connectivity index (χ3v) is 12.0. The normalized spacial score (nSPS) is 13.2. The Morgan fingerprint density at radius 1 is 0.474 bits per heavy atom. The first-order valence-electron chi connectivity index (χ1n) is 12.7. The molecule has 0 aromatic heterocycles. The minimum absolute atomic E-state index is 0.781. The molecule has 0 fully saturated rings. The lowest BCUT2D eigenvalue weighted by atomic mass is 10.2. The second-order valence-electron chi connectivity index (χ2n) is 8.99. The van der Waals surface area contributed by atoms with Crippen LogP contribution in [0.3, 0.4) is 0 Å². The number of rotatable bonds is 6. The van der Waals surface area contributed by atoms with Gasteiger partial charge in [0.1, 0.15) is 10.5 Å². The number of thioether (sulfide) groups is 1. The summed E-state index contributed by atoms with van der Waals surface area (Å²) in [4.78, 5) is 10.6. The molecular weight excluding hydrogens is 499 g/mol. The molecule has 5 aromatic rings. The summed E-state index contributed by atoms with van der Waals surface area (Å²) in [6, 6.07) is 53.6. The van der Waals surface area contributed by atoms with Crippen molar-refractivity contribution in [2.75, 3.05) is 0 Å². The van der Waals surface area contributed by atoms with Crippen LogP contribution in [0, 0.1) is 0 Å². The lowest BCUT2D eigenvalue weighted by molar-refractivity contribution is 1.43. The van der Waals surface area contributed by atoms with Crippen molar-refractivity contribution in [3.8, 4) is 0 Å². The molecule has 5 aromatic carbocycles. The van der Waals surface area contributed by atoms with Crippen molar-refractivity contribution in [3.63, 3.8) is 0 Å². The third kappa shape index (κ3) is 4.72. The van der Waals surface area contributed by atoms with E-state index in [-0.39, 0.29) is 0 Å². The molecule has 0 radical (unpaired) electrons. The van der Waals surface area contributed by atoms with Gasteiger partial charge in [-0.1, -0.05) is 163 Å². The number of hydrogen-bond donors (Lipinski definition) is 0. The predicted molar refractivity (Wildman–Crippen MR) is 168 cm³/mol. The Labute approximate surface area is 228 Å². The predicted octanol–water partition coefficient (Wildman–Crippen LogP) is 6.90. The molecule has 0 atom stereocenters. The molecule has 0 N–H and O–H groups in total. The molecule has 0 saturated heterocycles. The monoisotopic (exact) mass is 526 g/mol. The van der Waals surface area contributed by atoms with E-state index in [0.717, 1.165) is 27.6 Å². The molecule has 0 bridgehead atoms. The van der Waals surface area contributed by atoms with Crippen molar-refractivity contribution in [2.45, 2.75) is 5.75 Å². The van der Waals surface area contributed by atoms with Gasteiger partial charge in [0, 0.05) is 18.2 Å². The summed E-state index contributed by atoms with van der Waals surface area (Å²) in [5.41, 5.74) is 3.38. The zero-order valence-electron chi connectivity index (χ0n) is 20.9. The largest absolute Gasteiger partial charge is 0.225 e. The second kappa shape index (κ2) is 11.2. The van der Waals surface area contributed by atoms with Crippen LogP contribution < -0.4 is 15.9 Å². The molecule has 184 valence electrons. The summed E-state index contributed by atoms with van der Waals surface area (Å²) >= 11 is 1.78. The van der Waals surface area contributed by atoms with E-state index in [1.54, 1.807) is 11.8 Å². The fourth-order valence-corrected chi connectivity index (χ4v) is 10.3. The van der Waals surface area contributed by atoms with Crippen molar-refractivity contribution < 1.29 is 0 Å². The molecule has 1 heterocycles. The van der Waals surface area contributed by atoms with Gasteiger partial charge in [0.2, 0.25) is 0 Å². The Morgan fingerprint density at radius 2 is 0.895 bits per heavy atom. The van der Waals surface area contributed by atoms with Crippen LogP contribution in [0.4, 0.5) is 0 Å². The molecule has 0 aliphatic carbocycles. The highest BCUT2D eigenvalue weighted by atomic mass is 32.2. The van der Waals surface area contributed by atoms with Gasteiger partial charge < -0.3 is 0 Å². The van der Waals surface area contributed by atoms with Gasteiger partial charge in [-0.05, 0) is 21.5 Å². The van der Waals surface area contributed by atoms with Crippen LogP contribution in [-0.2, 0) is 5.75 Å². The topological polar surface area (TPSA) is 24.7 Å². The Morgan fingerprint density at radius 3 is 1.37 bits per heavy atom. The maximum atomic E-state index is 5.41. The summed E-state index contributed by atoms with van der Waals surface area (Å²) in [6.07, 6.45) is 0. The molecule has 1 aliphatic heterocycles. The van der Waals surface area contributed by atoms with Crippen LogP contribution in [0.15, 0.2) is 162 Å². The molecule has 0 saturated carbocycles. The number of nitrogens with zero attached hydrogens (tertiary/aromatic N) is 2. The minimum Gasteiger partial charge on any atom is -0.225 e. The zero-order valence-corrected chi connectivity index (χ0v) is 22.6. The van der Waals surface area contributed by atoms with Crippen LogP contribution in [0.5, 0.6) is 0 Å². The molecular formula is C34H27N2PS. The minimum atomic E-state index is -2.36. The highest BCUT2D eigenvalue weighted by Gasteiger charge is 2.35. The van der Waals surface area contributed by atoms with Crippen molar-refractivity contribution in [3.05, 3.63) is 163 Å². The van der Waals surface area contributed by atoms with Crippen LogP contribution >= 0.6 is 18.6 Å². The lowest BCUT2D eigenvalue weighted by Gasteiger charge is -2.30. The summed E-state index contributed by atoms with van der Waals surface area (Å²) in [5.74, 6) is 1.61. The quantitative estimate of drug-likeness (QED) is 0.221. The molecule has 0 spiro atoms. The highest BCUT2D eigenvalue weighted by molar-refractivity contribution is 8.17. The lowest BCUT2D eigenvalue weighted by Crippen LogP contribution is -2.31. The fourth-order valence-electron chi connectivity index (χ4n) is 4.85. The van der Waals surface area contributed by atoms with Gasteiger partial charge in [-0.2, -0.15) is 0 Å². The van der Waals surface area contributed by atoms with Crippen molar-refractivity contribution in [1.82, 2.24) is 0 Å². The van der Waals surface area contributed by atoms with Gasteiger partial charge in [-0.25, -0.2) is 9.98 Å². The number of hydrogen-bond acceptors (Lipinski definition) is 2. The van der Waals surface area contributed by atoms with E-state index in [9.17, 15) is 0 Å². The summed E-state index contributed by atoms with van der Waals surface area (Å²) in [6.45, 7) is -2.36. The molecule has 6 rings (SSSR count). The van der Waals surface area contributed by atoms with Gasteiger partial charge in [0.15, 0.2) is 5.84 Å². The van der Waals surface area contributed by atoms with Crippen LogP contribution in [0.2, 0.25) is 0 Å². The first-order chi connectivity index (χ1) is 18.9. The van der Waals surface area contributed by atoms with Gasteiger partial charge in [-0.15, -0.1) is 0 Å². The summed E-state index contributed by atoms with van der Waals surface area (Å²) in [7, 11) is 0. The van der Waals surface area contributed by atoms with Crippen LogP contribution in [0.25, 0.3) is 0 Å². The van der Waals surface area contributed by atoms with Crippen LogP contribution in [-0.4, -0.2) is 16.3 Å². The Bertz CT molecular complexity index is 1530. The standard InChI is InChI=1S/C34H27N2PS/c1-6-16-27(17-7-1)26-38-34-33(35-32(36-34)28-18-8-2-9-19-28)37(29-20-10-3-11-21-29,30-22-12-4-13-23-30)31-24-14-5-15-25-31/h1-25H,26H2. The zero-order chi connectivity index (χ0) is 25.6. The molecule has 0 unspecified atom stereocenters. The average Bonchev–Trinajstić information content (AvgIpc) is 3.44. The molecule has 2 nitrogen and oxygen atoms in total. The first kappa shape index (κ1) is 24.4.